The number of aliphatic carboxylic acids is 1. The van der Waals surface area contributed by atoms with Crippen molar-refractivity contribution < 1.29 is 61.3 Å². The molecule has 0 unspecified atom stereocenters. The molecule has 0 rings (SSSR count). The molecule has 11 heavy (non-hydrogen) atoms. The Morgan fingerprint density at radius 3 is 1.36 bits per heavy atom. The summed E-state index contributed by atoms with van der Waals surface area (Å²) in [4.78, 5) is 10.6. The largest absolute Gasteiger partial charge is 1.00 e. The predicted octanol–water partition coefficient (Wildman–Crippen LogP) is -2.19. The van der Waals surface area contributed by atoms with Gasteiger partial charge < -0.3 is 9.90 Å². The van der Waals surface area contributed by atoms with Gasteiger partial charge in [0, 0.05) is 11.4 Å². The number of carboxylic acid groups (broad SMARTS) is 1. The Balaban J connectivity index is 0. The van der Waals surface area contributed by atoms with Crippen LogP contribution < -0.4 is 56.5 Å². The molecule has 0 aromatic carbocycles. The van der Waals surface area contributed by atoms with Gasteiger partial charge in [0.2, 0.25) is 0 Å². The molecule has 0 N–H and O–H groups in total. The van der Waals surface area contributed by atoms with E-state index in [9.17, 15) is 9.90 Å². The Morgan fingerprint density at radius 2 is 1.36 bits per heavy atom. The van der Waals surface area contributed by atoms with Gasteiger partial charge in [-0.1, -0.05) is 34.6 Å². The molecule has 0 atom stereocenters. The second-order valence-corrected chi connectivity index (χ2v) is 4.16. The van der Waals surface area contributed by atoms with Crippen LogP contribution in [0.3, 0.4) is 0 Å². The van der Waals surface area contributed by atoms with Crippen molar-refractivity contribution in [3.63, 3.8) is 0 Å². The third-order valence-corrected chi connectivity index (χ3v) is 2.39. The summed E-state index contributed by atoms with van der Waals surface area (Å²) in [6.45, 7) is 9.04. The second-order valence-electron chi connectivity index (χ2n) is 4.16. The minimum Gasteiger partial charge on any atom is -0.550 e. The Labute approximate surface area is 111 Å². The number of carboxylic acids is 1. The first-order valence-corrected chi connectivity index (χ1v) is 3.41. The first-order chi connectivity index (χ1) is 4.19. The molecule has 0 aliphatic heterocycles. The van der Waals surface area contributed by atoms with Gasteiger partial charge >= 0.3 is 51.4 Å². The van der Waals surface area contributed by atoms with Gasteiger partial charge in [0.25, 0.3) is 0 Å². The van der Waals surface area contributed by atoms with Crippen LogP contribution in [0.4, 0.5) is 0 Å². The van der Waals surface area contributed by atoms with E-state index in [4.69, 9.17) is 0 Å². The zero-order valence-electron chi connectivity index (χ0n) is 8.32. The van der Waals surface area contributed by atoms with E-state index in [0.29, 0.717) is 0 Å². The summed E-state index contributed by atoms with van der Waals surface area (Å²) >= 11 is 0. The number of hydrogen-bond acceptors (Lipinski definition) is 2. The summed E-state index contributed by atoms with van der Waals surface area (Å²) in [7, 11) is 0. The Kier molecular flexibility index (Phi) is 5.81. The van der Waals surface area contributed by atoms with E-state index in [1.165, 1.54) is 0 Å². The molecule has 3 heteroatoms. The molecule has 0 aliphatic carbocycles. The SMILES string of the molecule is CC(C)(C)C(C)(C)C(=O)[O-].[K+]. The van der Waals surface area contributed by atoms with Crippen LogP contribution >= 0.6 is 0 Å². The van der Waals surface area contributed by atoms with E-state index in [0.717, 1.165) is 0 Å². The van der Waals surface area contributed by atoms with Crippen molar-refractivity contribution in [3.8, 4) is 0 Å². The van der Waals surface area contributed by atoms with E-state index in [1.54, 1.807) is 13.8 Å². The van der Waals surface area contributed by atoms with Crippen LogP contribution in [0.1, 0.15) is 34.6 Å². The van der Waals surface area contributed by atoms with E-state index in [-0.39, 0.29) is 56.8 Å². The van der Waals surface area contributed by atoms with Crippen LogP contribution in [-0.4, -0.2) is 5.97 Å². The van der Waals surface area contributed by atoms with Crippen LogP contribution in [0.5, 0.6) is 0 Å². The van der Waals surface area contributed by atoms with Crippen molar-refractivity contribution in [2.75, 3.05) is 0 Å². The van der Waals surface area contributed by atoms with E-state index < -0.39 is 11.4 Å². The quantitative estimate of drug-likeness (QED) is 0.432. The summed E-state index contributed by atoms with van der Waals surface area (Å²) in [5.41, 5.74) is -1.00. The van der Waals surface area contributed by atoms with Crippen LogP contribution in [0.15, 0.2) is 0 Å². The minimum absolute atomic E-state index is 0. The molecule has 0 fully saturated rings. The molecule has 60 valence electrons. The van der Waals surface area contributed by atoms with Crippen LogP contribution in [0.25, 0.3) is 0 Å². The predicted molar refractivity (Wildman–Crippen MR) is 38.2 cm³/mol. The third-order valence-electron chi connectivity index (χ3n) is 2.39. The van der Waals surface area contributed by atoms with Gasteiger partial charge in [0.15, 0.2) is 0 Å². The number of rotatable bonds is 1. The fourth-order valence-electron chi connectivity index (χ4n) is 0.306. The smallest absolute Gasteiger partial charge is 0.550 e. The topological polar surface area (TPSA) is 40.1 Å². The summed E-state index contributed by atoms with van der Waals surface area (Å²) < 4.78 is 0. The average Bonchev–Trinajstić information content (AvgIpc) is 1.62. The van der Waals surface area contributed by atoms with Crippen molar-refractivity contribution in [2.45, 2.75) is 34.6 Å². The summed E-state index contributed by atoms with van der Waals surface area (Å²) in [6.07, 6.45) is 0. The van der Waals surface area contributed by atoms with Crippen molar-refractivity contribution in [1.82, 2.24) is 0 Å². The van der Waals surface area contributed by atoms with Crippen molar-refractivity contribution in [3.05, 3.63) is 0 Å². The molecular weight excluding hydrogens is 167 g/mol. The molecule has 0 amide bonds. The maximum absolute atomic E-state index is 10.6. The molecule has 0 aliphatic rings. The van der Waals surface area contributed by atoms with Crippen LogP contribution in [0.2, 0.25) is 0 Å². The third kappa shape index (κ3) is 3.55. The van der Waals surface area contributed by atoms with E-state index >= 15 is 0 Å². The molecule has 2 nitrogen and oxygen atoms in total. The number of carbonyl (C=O) groups excluding carboxylic acids is 1. The average molecular weight is 182 g/mol. The summed E-state index contributed by atoms with van der Waals surface area (Å²) in [5.74, 6) is -0.986. The molecule has 0 aromatic heterocycles. The van der Waals surface area contributed by atoms with Gasteiger partial charge in [-0.2, -0.15) is 0 Å². The summed E-state index contributed by atoms with van der Waals surface area (Å²) in [5, 5.41) is 10.6. The van der Waals surface area contributed by atoms with Gasteiger partial charge in [-0.3, -0.25) is 0 Å². The maximum Gasteiger partial charge on any atom is 1.00 e. The Morgan fingerprint density at radius 1 is 1.09 bits per heavy atom. The minimum atomic E-state index is -0.986. The molecule has 0 saturated heterocycles. The van der Waals surface area contributed by atoms with Gasteiger partial charge in [-0.15, -0.1) is 0 Å². The molecule has 0 heterocycles. The summed E-state index contributed by atoms with van der Waals surface area (Å²) in [6, 6.07) is 0. The molecule has 0 aromatic rings. The van der Waals surface area contributed by atoms with Gasteiger partial charge in [-0.25, -0.2) is 0 Å². The first-order valence-electron chi connectivity index (χ1n) is 3.41. The second kappa shape index (κ2) is 4.37. The Bertz CT molecular complexity index is 145. The van der Waals surface area contributed by atoms with E-state index in [1.807, 2.05) is 20.8 Å². The zero-order valence-corrected chi connectivity index (χ0v) is 11.4. The number of carbonyl (C=O) groups is 1. The molecule has 0 bridgehead atoms. The van der Waals surface area contributed by atoms with Crippen molar-refractivity contribution >= 4 is 5.97 Å². The van der Waals surface area contributed by atoms with Gasteiger partial charge in [0.1, 0.15) is 0 Å². The normalized spacial score (nSPS) is 12.1. The molecule has 0 spiro atoms. The van der Waals surface area contributed by atoms with Gasteiger partial charge in [0.05, 0.1) is 0 Å². The van der Waals surface area contributed by atoms with Crippen LogP contribution in [-0.2, 0) is 4.79 Å². The van der Waals surface area contributed by atoms with Crippen molar-refractivity contribution in [1.29, 1.82) is 0 Å². The Hall–Kier alpha value is 1.11. The fraction of sp³-hybridized carbons (Fsp3) is 0.875. The fourth-order valence-corrected chi connectivity index (χ4v) is 0.306. The van der Waals surface area contributed by atoms with Crippen molar-refractivity contribution in [2.24, 2.45) is 10.8 Å². The molecule has 0 radical (unpaired) electrons. The first kappa shape index (κ1) is 14.6. The standard InChI is InChI=1S/C8H16O2.K/c1-7(2,3)8(4,5)6(9)10;/h1-5H3,(H,9,10);/q;+1/p-1. The molecular formula is C8H15KO2. The monoisotopic (exact) mass is 182 g/mol. The zero-order chi connectivity index (χ0) is 8.58. The van der Waals surface area contributed by atoms with E-state index in [2.05, 4.69) is 0 Å². The molecule has 0 saturated carbocycles. The van der Waals surface area contributed by atoms with Gasteiger partial charge in [-0.05, 0) is 5.41 Å². The number of hydrogen-bond donors (Lipinski definition) is 0. The van der Waals surface area contributed by atoms with Crippen LogP contribution in [0, 0.1) is 10.8 Å². The maximum atomic E-state index is 10.6.